The summed E-state index contributed by atoms with van der Waals surface area (Å²) in [5.41, 5.74) is 0.750. The number of hydrogen-bond acceptors (Lipinski definition) is 2. The lowest BCUT2D eigenvalue weighted by Crippen LogP contribution is -2.24. The minimum Gasteiger partial charge on any atom is -0.318 e. The second-order valence-corrected chi connectivity index (χ2v) is 3.03. The summed E-state index contributed by atoms with van der Waals surface area (Å²) in [6.45, 7) is 2.21. The van der Waals surface area contributed by atoms with Gasteiger partial charge >= 0.3 is 0 Å². The van der Waals surface area contributed by atoms with Gasteiger partial charge in [-0.3, -0.25) is 0 Å². The molecule has 1 aromatic carbocycles. The zero-order chi connectivity index (χ0) is 10.4. The maximum Gasteiger partial charge on any atom is 0.159 e. The summed E-state index contributed by atoms with van der Waals surface area (Å²) in [6, 6.07) is 3.93. The van der Waals surface area contributed by atoms with Crippen LogP contribution in [0, 0.1) is 11.6 Å². The summed E-state index contributed by atoms with van der Waals surface area (Å²) in [7, 11) is 1.86. The van der Waals surface area contributed by atoms with E-state index in [4.69, 9.17) is 0 Å². The van der Waals surface area contributed by atoms with E-state index in [-0.39, 0.29) is 0 Å². The first-order chi connectivity index (χ1) is 6.74. The van der Waals surface area contributed by atoms with E-state index < -0.39 is 11.6 Å². The molecule has 1 rings (SSSR count). The smallest absolute Gasteiger partial charge is 0.159 e. The third kappa shape index (κ3) is 3.40. The Morgan fingerprint density at radius 2 is 1.93 bits per heavy atom. The van der Waals surface area contributed by atoms with Gasteiger partial charge in [0, 0.05) is 19.6 Å². The van der Waals surface area contributed by atoms with Crippen LogP contribution in [-0.4, -0.2) is 20.1 Å². The van der Waals surface area contributed by atoms with Crippen LogP contribution in [0.2, 0.25) is 0 Å². The van der Waals surface area contributed by atoms with Gasteiger partial charge in [0.1, 0.15) is 0 Å². The van der Waals surface area contributed by atoms with Crippen LogP contribution in [0.25, 0.3) is 0 Å². The summed E-state index contributed by atoms with van der Waals surface area (Å²) >= 11 is 0. The first-order valence-corrected chi connectivity index (χ1v) is 4.53. The molecular weight excluding hydrogens is 186 g/mol. The molecule has 14 heavy (non-hydrogen) atoms. The molecule has 0 aliphatic rings. The molecule has 0 radical (unpaired) electrons. The van der Waals surface area contributed by atoms with Gasteiger partial charge in [0.05, 0.1) is 0 Å². The first-order valence-electron chi connectivity index (χ1n) is 4.53. The van der Waals surface area contributed by atoms with E-state index >= 15 is 0 Å². The number of rotatable bonds is 5. The maximum atomic E-state index is 12.7. The van der Waals surface area contributed by atoms with Crippen LogP contribution in [0.4, 0.5) is 8.78 Å². The van der Waals surface area contributed by atoms with E-state index in [1.54, 1.807) is 6.07 Å². The lowest BCUT2D eigenvalue weighted by Gasteiger charge is -2.04. The molecule has 0 spiro atoms. The first kappa shape index (κ1) is 11.1. The number of halogens is 2. The van der Waals surface area contributed by atoms with Crippen LogP contribution in [0.5, 0.6) is 0 Å². The fraction of sp³-hybridized carbons (Fsp3) is 0.400. The van der Waals surface area contributed by atoms with Gasteiger partial charge in [-0.1, -0.05) is 6.07 Å². The summed E-state index contributed by atoms with van der Waals surface area (Å²) < 4.78 is 25.3. The molecule has 78 valence electrons. The molecule has 0 aliphatic heterocycles. The van der Waals surface area contributed by atoms with Gasteiger partial charge in [-0.15, -0.1) is 0 Å². The molecule has 0 aromatic heterocycles. The molecule has 0 atom stereocenters. The van der Waals surface area contributed by atoms with Crippen molar-refractivity contribution in [3.05, 3.63) is 35.4 Å². The van der Waals surface area contributed by atoms with Crippen molar-refractivity contribution in [3.63, 3.8) is 0 Å². The number of likely N-dealkylation sites (N-methyl/N-ethyl adjacent to an activating group) is 1. The van der Waals surface area contributed by atoms with Crippen LogP contribution >= 0.6 is 0 Å². The standard InChI is InChI=1S/C10H14F2N2/c1-13-4-5-14-7-8-2-3-9(11)10(12)6-8/h2-3,6,13-14H,4-5,7H2,1H3. The second kappa shape index (κ2) is 5.67. The Morgan fingerprint density at radius 3 is 2.57 bits per heavy atom. The highest BCUT2D eigenvalue weighted by Crippen LogP contribution is 2.07. The third-order valence-corrected chi connectivity index (χ3v) is 1.86. The van der Waals surface area contributed by atoms with Crippen molar-refractivity contribution in [2.75, 3.05) is 20.1 Å². The highest BCUT2D eigenvalue weighted by atomic mass is 19.2. The topological polar surface area (TPSA) is 24.1 Å². The Bertz CT molecular complexity index is 289. The van der Waals surface area contributed by atoms with E-state index in [9.17, 15) is 8.78 Å². The minimum atomic E-state index is -0.802. The molecule has 0 saturated carbocycles. The van der Waals surface area contributed by atoms with E-state index in [1.807, 2.05) is 7.05 Å². The van der Waals surface area contributed by atoms with Crippen molar-refractivity contribution in [1.29, 1.82) is 0 Å². The van der Waals surface area contributed by atoms with Gasteiger partial charge in [0.2, 0.25) is 0 Å². The van der Waals surface area contributed by atoms with Crippen LogP contribution in [0.15, 0.2) is 18.2 Å². The van der Waals surface area contributed by atoms with Crippen molar-refractivity contribution in [2.45, 2.75) is 6.54 Å². The van der Waals surface area contributed by atoms with E-state index in [1.165, 1.54) is 6.07 Å². The lowest BCUT2D eigenvalue weighted by molar-refractivity contribution is 0.506. The van der Waals surface area contributed by atoms with E-state index in [2.05, 4.69) is 10.6 Å². The van der Waals surface area contributed by atoms with Gasteiger partial charge in [-0.05, 0) is 24.7 Å². The van der Waals surface area contributed by atoms with Gasteiger partial charge in [-0.25, -0.2) is 8.78 Å². The predicted octanol–water partition coefficient (Wildman–Crippen LogP) is 1.27. The average molecular weight is 200 g/mol. The van der Waals surface area contributed by atoms with Gasteiger partial charge in [0.15, 0.2) is 11.6 Å². The van der Waals surface area contributed by atoms with Crippen molar-refractivity contribution < 1.29 is 8.78 Å². The average Bonchev–Trinajstić information content (AvgIpc) is 2.18. The molecule has 0 heterocycles. The van der Waals surface area contributed by atoms with Crippen molar-refractivity contribution in [1.82, 2.24) is 10.6 Å². The summed E-state index contributed by atoms with van der Waals surface area (Å²) in [5.74, 6) is -1.60. The molecule has 0 fully saturated rings. The van der Waals surface area contributed by atoms with Crippen LogP contribution in [-0.2, 0) is 6.54 Å². The predicted molar refractivity (Wildman–Crippen MR) is 52.0 cm³/mol. The van der Waals surface area contributed by atoms with Crippen molar-refractivity contribution in [3.8, 4) is 0 Å². The Labute approximate surface area is 82.3 Å². The van der Waals surface area contributed by atoms with E-state index in [0.29, 0.717) is 6.54 Å². The van der Waals surface area contributed by atoms with Gasteiger partial charge in [-0.2, -0.15) is 0 Å². The molecule has 4 heteroatoms. The normalized spacial score (nSPS) is 10.5. The molecule has 0 bridgehead atoms. The lowest BCUT2D eigenvalue weighted by atomic mass is 10.2. The minimum absolute atomic E-state index is 0.554. The van der Waals surface area contributed by atoms with Gasteiger partial charge < -0.3 is 10.6 Å². The maximum absolute atomic E-state index is 12.7. The van der Waals surface area contributed by atoms with Crippen LogP contribution < -0.4 is 10.6 Å². The largest absolute Gasteiger partial charge is 0.318 e. The molecule has 1 aromatic rings. The van der Waals surface area contributed by atoms with Crippen LogP contribution in [0.1, 0.15) is 5.56 Å². The molecule has 0 unspecified atom stereocenters. The molecular formula is C10H14F2N2. The quantitative estimate of drug-likeness (QED) is 0.699. The Morgan fingerprint density at radius 1 is 1.14 bits per heavy atom. The molecule has 0 aliphatic carbocycles. The van der Waals surface area contributed by atoms with Crippen molar-refractivity contribution in [2.24, 2.45) is 0 Å². The highest BCUT2D eigenvalue weighted by Gasteiger charge is 2.01. The van der Waals surface area contributed by atoms with Gasteiger partial charge in [0.25, 0.3) is 0 Å². The Kier molecular flexibility index (Phi) is 4.49. The monoisotopic (exact) mass is 200 g/mol. The molecule has 0 amide bonds. The fourth-order valence-corrected chi connectivity index (χ4v) is 1.10. The SMILES string of the molecule is CNCCNCc1ccc(F)c(F)c1. The number of benzene rings is 1. The summed E-state index contributed by atoms with van der Waals surface area (Å²) in [4.78, 5) is 0. The zero-order valence-electron chi connectivity index (χ0n) is 8.11. The number of nitrogens with one attached hydrogen (secondary N) is 2. The fourth-order valence-electron chi connectivity index (χ4n) is 1.10. The Balaban J connectivity index is 2.39. The molecule has 2 N–H and O–H groups in total. The van der Waals surface area contributed by atoms with Crippen LogP contribution in [0.3, 0.4) is 0 Å². The zero-order valence-corrected chi connectivity index (χ0v) is 8.11. The highest BCUT2D eigenvalue weighted by molar-refractivity contribution is 5.17. The van der Waals surface area contributed by atoms with Crippen molar-refractivity contribution >= 4 is 0 Å². The summed E-state index contributed by atoms with van der Waals surface area (Å²) in [6.07, 6.45) is 0. The third-order valence-electron chi connectivity index (χ3n) is 1.86. The number of hydrogen-bond donors (Lipinski definition) is 2. The van der Waals surface area contributed by atoms with E-state index in [0.717, 1.165) is 24.7 Å². The summed E-state index contributed by atoms with van der Waals surface area (Å²) in [5, 5.41) is 6.08. The Hall–Kier alpha value is -1.00. The molecule has 2 nitrogen and oxygen atoms in total. The second-order valence-electron chi connectivity index (χ2n) is 3.03. The molecule has 0 saturated heterocycles.